The van der Waals surface area contributed by atoms with Gasteiger partial charge in [0.1, 0.15) is 5.75 Å². The van der Waals surface area contributed by atoms with Gasteiger partial charge in [-0.3, -0.25) is 0 Å². The second-order valence-corrected chi connectivity index (χ2v) is 4.47. The summed E-state index contributed by atoms with van der Waals surface area (Å²) >= 11 is 3.51. The molecule has 1 N–H and O–H groups in total. The Morgan fingerprint density at radius 2 is 2.29 bits per heavy atom. The lowest BCUT2D eigenvalue weighted by Gasteiger charge is -2.24. The Balaban J connectivity index is 2.48. The second kappa shape index (κ2) is 3.91. The molecule has 0 saturated carbocycles. The fourth-order valence-corrected chi connectivity index (χ4v) is 2.44. The summed E-state index contributed by atoms with van der Waals surface area (Å²) in [7, 11) is 1.71. The summed E-state index contributed by atoms with van der Waals surface area (Å²) in [6.07, 6.45) is 1.09. The lowest BCUT2D eigenvalue weighted by Crippen LogP contribution is -2.27. The third kappa shape index (κ3) is 1.66. The zero-order valence-corrected chi connectivity index (χ0v) is 10.0. The maximum atomic E-state index is 5.28. The van der Waals surface area contributed by atoms with Crippen LogP contribution < -0.4 is 10.1 Å². The van der Waals surface area contributed by atoms with Crippen molar-refractivity contribution >= 4 is 15.9 Å². The van der Waals surface area contributed by atoms with Crippen molar-refractivity contribution in [3.8, 4) is 5.75 Å². The Labute approximate surface area is 92.8 Å². The molecular weight excluding hydrogens is 242 g/mol. The first-order valence-electron chi connectivity index (χ1n) is 4.82. The Morgan fingerprint density at radius 1 is 1.50 bits per heavy atom. The average Bonchev–Trinajstić information content (AvgIpc) is 2.19. The largest absolute Gasteiger partial charge is 0.496 e. The topological polar surface area (TPSA) is 21.3 Å². The SMILES string of the molecule is COc1cc2c(cc1Br)[C@H](C)NCC2. The summed E-state index contributed by atoms with van der Waals surface area (Å²) in [5.41, 5.74) is 2.78. The molecule has 0 aromatic heterocycles. The molecule has 1 aromatic rings. The van der Waals surface area contributed by atoms with Crippen LogP contribution in [0.15, 0.2) is 16.6 Å². The predicted molar refractivity (Wildman–Crippen MR) is 60.8 cm³/mol. The third-order valence-electron chi connectivity index (χ3n) is 2.73. The maximum absolute atomic E-state index is 5.28. The van der Waals surface area contributed by atoms with Crippen molar-refractivity contribution in [3.63, 3.8) is 0 Å². The van der Waals surface area contributed by atoms with Gasteiger partial charge in [0.15, 0.2) is 0 Å². The van der Waals surface area contributed by atoms with Crippen molar-refractivity contribution in [1.29, 1.82) is 0 Å². The Morgan fingerprint density at radius 3 is 3.00 bits per heavy atom. The van der Waals surface area contributed by atoms with Gasteiger partial charge >= 0.3 is 0 Å². The fraction of sp³-hybridized carbons (Fsp3) is 0.455. The van der Waals surface area contributed by atoms with Crippen molar-refractivity contribution in [3.05, 3.63) is 27.7 Å². The standard InChI is InChI=1S/C11H14BrNO/c1-7-9-6-10(12)11(14-2)5-8(9)3-4-13-7/h5-7,13H,3-4H2,1-2H3/t7-/m0/s1. The molecule has 0 aliphatic carbocycles. The summed E-state index contributed by atoms with van der Waals surface area (Å²) in [4.78, 5) is 0. The Hall–Kier alpha value is -0.540. The van der Waals surface area contributed by atoms with Crippen LogP contribution >= 0.6 is 15.9 Å². The van der Waals surface area contributed by atoms with E-state index in [2.05, 4.69) is 40.3 Å². The van der Waals surface area contributed by atoms with Crippen LogP contribution in [0.4, 0.5) is 0 Å². The molecule has 76 valence electrons. The van der Waals surface area contributed by atoms with Gasteiger partial charge in [-0.25, -0.2) is 0 Å². The molecule has 1 aliphatic rings. The van der Waals surface area contributed by atoms with E-state index >= 15 is 0 Å². The van der Waals surface area contributed by atoms with E-state index in [1.165, 1.54) is 11.1 Å². The van der Waals surface area contributed by atoms with Crippen LogP contribution in [0.1, 0.15) is 24.1 Å². The van der Waals surface area contributed by atoms with Gasteiger partial charge in [-0.2, -0.15) is 0 Å². The van der Waals surface area contributed by atoms with E-state index in [4.69, 9.17) is 4.74 Å². The summed E-state index contributed by atoms with van der Waals surface area (Å²) < 4.78 is 6.32. The molecule has 0 fully saturated rings. The number of benzene rings is 1. The summed E-state index contributed by atoms with van der Waals surface area (Å²) in [5, 5.41) is 3.44. The van der Waals surface area contributed by atoms with Crippen molar-refractivity contribution in [2.75, 3.05) is 13.7 Å². The quantitative estimate of drug-likeness (QED) is 0.834. The highest BCUT2D eigenvalue weighted by Crippen LogP contribution is 2.33. The second-order valence-electron chi connectivity index (χ2n) is 3.61. The Bertz CT molecular complexity index is 351. The number of hydrogen-bond acceptors (Lipinski definition) is 2. The van der Waals surface area contributed by atoms with E-state index in [9.17, 15) is 0 Å². The first-order chi connectivity index (χ1) is 6.72. The highest BCUT2D eigenvalue weighted by molar-refractivity contribution is 9.10. The van der Waals surface area contributed by atoms with Gasteiger partial charge < -0.3 is 10.1 Å². The van der Waals surface area contributed by atoms with E-state index in [1.807, 2.05) is 0 Å². The first-order valence-corrected chi connectivity index (χ1v) is 5.61. The molecule has 0 saturated heterocycles. The molecule has 2 nitrogen and oxygen atoms in total. The average molecular weight is 256 g/mol. The molecule has 14 heavy (non-hydrogen) atoms. The molecule has 1 atom stereocenters. The smallest absolute Gasteiger partial charge is 0.133 e. The molecule has 1 heterocycles. The molecule has 2 rings (SSSR count). The number of methoxy groups -OCH3 is 1. The van der Waals surface area contributed by atoms with Crippen LogP contribution in [0.25, 0.3) is 0 Å². The normalized spacial score (nSPS) is 20.4. The number of rotatable bonds is 1. The van der Waals surface area contributed by atoms with Gasteiger partial charge in [-0.05, 0) is 59.1 Å². The minimum Gasteiger partial charge on any atom is -0.496 e. The lowest BCUT2D eigenvalue weighted by atomic mass is 9.95. The van der Waals surface area contributed by atoms with E-state index in [0.29, 0.717) is 6.04 Å². The third-order valence-corrected chi connectivity index (χ3v) is 3.34. The van der Waals surface area contributed by atoms with Crippen molar-refractivity contribution < 1.29 is 4.74 Å². The molecule has 3 heteroatoms. The van der Waals surface area contributed by atoms with Gasteiger partial charge in [0.2, 0.25) is 0 Å². The first kappa shape index (κ1) is 9.99. The van der Waals surface area contributed by atoms with Gasteiger partial charge in [0.25, 0.3) is 0 Å². The molecule has 1 aliphatic heterocycles. The highest BCUT2D eigenvalue weighted by Gasteiger charge is 2.17. The van der Waals surface area contributed by atoms with Gasteiger partial charge in [0.05, 0.1) is 11.6 Å². The number of nitrogens with one attached hydrogen (secondary N) is 1. The van der Waals surface area contributed by atoms with E-state index < -0.39 is 0 Å². The molecule has 0 amide bonds. The minimum atomic E-state index is 0.445. The summed E-state index contributed by atoms with van der Waals surface area (Å²) in [6, 6.07) is 4.74. The molecule has 1 aromatic carbocycles. The monoisotopic (exact) mass is 255 g/mol. The fourth-order valence-electron chi connectivity index (χ4n) is 1.92. The summed E-state index contributed by atoms with van der Waals surface area (Å²) in [6.45, 7) is 3.25. The molecule has 0 radical (unpaired) electrons. The van der Waals surface area contributed by atoms with Crippen molar-refractivity contribution in [2.24, 2.45) is 0 Å². The van der Waals surface area contributed by atoms with Crippen LogP contribution in [-0.4, -0.2) is 13.7 Å². The van der Waals surface area contributed by atoms with E-state index in [1.54, 1.807) is 7.11 Å². The predicted octanol–water partition coefficient (Wildman–Crippen LogP) is 2.66. The number of halogens is 1. The van der Waals surface area contributed by atoms with E-state index in [-0.39, 0.29) is 0 Å². The van der Waals surface area contributed by atoms with Crippen molar-refractivity contribution in [2.45, 2.75) is 19.4 Å². The lowest BCUT2D eigenvalue weighted by molar-refractivity contribution is 0.410. The van der Waals surface area contributed by atoms with Crippen LogP contribution in [0.3, 0.4) is 0 Å². The number of fused-ring (bicyclic) bond motifs is 1. The highest BCUT2D eigenvalue weighted by atomic mass is 79.9. The summed E-state index contributed by atoms with van der Waals surface area (Å²) in [5.74, 6) is 0.929. The molecular formula is C11H14BrNO. The Kier molecular flexibility index (Phi) is 2.79. The van der Waals surface area contributed by atoms with E-state index in [0.717, 1.165) is 23.2 Å². The minimum absolute atomic E-state index is 0.445. The van der Waals surface area contributed by atoms with Gasteiger partial charge in [0, 0.05) is 6.04 Å². The number of hydrogen-bond donors (Lipinski definition) is 1. The van der Waals surface area contributed by atoms with Crippen LogP contribution in [0, 0.1) is 0 Å². The zero-order valence-electron chi connectivity index (χ0n) is 8.43. The molecule has 0 bridgehead atoms. The van der Waals surface area contributed by atoms with Crippen LogP contribution in [-0.2, 0) is 6.42 Å². The number of ether oxygens (including phenoxy) is 1. The van der Waals surface area contributed by atoms with Gasteiger partial charge in [-0.15, -0.1) is 0 Å². The van der Waals surface area contributed by atoms with Gasteiger partial charge in [-0.1, -0.05) is 0 Å². The van der Waals surface area contributed by atoms with Crippen molar-refractivity contribution in [1.82, 2.24) is 5.32 Å². The zero-order chi connectivity index (χ0) is 10.1. The molecule has 0 spiro atoms. The maximum Gasteiger partial charge on any atom is 0.133 e. The van der Waals surface area contributed by atoms with Crippen LogP contribution in [0.5, 0.6) is 5.75 Å². The molecule has 0 unspecified atom stereocenters. The van der Waals surface area contributed by atoms with Crippen LogP contribution in [0.2, 0.25) is 0 Å².